The summed E-state index contributed by atoms with van der Waals surface area (Å²) >= 11 is 1.52. The molecular weight excluding hydrogens is 507 g/mol. The summed E-state index contributed by atoms with van der Waals surface area (Å²) in [7, 11) is 0. The number of likely N-dealkylation sites (tertiary alicyclic amines) is 1. The van der Waals surface area contributed by atoms with Crippen LogP contribution in [0.25, 0.3) is 0 Å². The van der Waals surface area contributed by atoms with Crippen molar-refractivity contribution in [1.29, 1.82) is 0 Å². The van der Waals surface area contributed by atoms with Crippen LogP contribution in [0.15, 0.2) is 59.4 Å². The van der Waals surface area contributed by atoms with Gasteiger partial charge in [-0.3, -0.25) is 14.6 Å². The monoisotopic (exact) mass is 531 g/mol. The number of carbonyl (C=O) groups is 3. The van der Waals surface area contributed by atoms with Crippen molar-refractivity contribution in [3.05, 3.63) is 81.8 Å². The van der Waals surface area contributed by atoms with Gasteiger partial charge in [0.2, 0.25) is 5.91 Å². The number of fused-ring (bicyclic) bond motifs is 2. The molecule has 1 N–H and O–H groups in total. The zero-order valence-electron chi connectivity index (χ0n) is 19.9. The van der Waals surface area contributed by atoms with Crippen LogP contribution in [0.5, 0.6) is 0 Å². The number of thiophene rings is 1. The molecule has 1 unspecified atom stereocenters. The number of halogens is 3. The number of nitrogens with zero attached hydrogens (tertiary/aromatic N) is 3. The minimum atomic E-state index is -5.08. The molecule has 5 rings (SSSR count). The van der Waals surface area contributed by atoms with Gasteiger partial charge >= 0.3 is 12.1 Å². The molecule has 11 heteroatoms. The molecule has 7 nitrogen and oxygen atoms in total. The lowest BCUT2D eigenvalue weighted by Gasteiger charge is -2.25. The topological polar surface area (TPSA) is 90.8 Å². The van der Waals surface area contributed by atoms with Gasteiger partial charge in [-0.1, -0.05) is 24.3 Å². The first-order chi connectivity index (χ1) is 17.5. The first-order valence-electron chi connectivity index (χ1n) is 11.4. The van der Waals surface area contributed by atoms with Crippen LogP contribution in [0.4, 0.5) is 18.9 Å². The van der Waals surface area contributed by atoms with Crippen LogP contribution >= 0.6 is 11.3 Å². The van der Waals surface area contributed by atoms with Crippen LogP contribution < -0.4 is 4.90 Å². The van der Waals surface area contributed by atoms with Crippen LogP contribution in [-0.2, 0) is 21.4 Å². The first-order valence-corrected chi connectivity index (χ1v) is 12.4. The number of carboxylic acid groups (broad SMARTS) is 1. The molecule has 2 aromatic heterocycles. The first kappa shape index (κ1) is 26.3. The summed E-state index contributed by atoms with van der Waals surface area (Å²) in [6.07, 6.45) is -2.06. The Bertz CT molecular complexity index is 1310. The molecule has 1 fully saturated rings. The number of carbonyl (C=O) groups excluding carboxylic acids is 2. The average Bonchev–Trinajstić information content (AvgIpc) is 3.61. The molecule has 2 aliphatic rings. The number of hydrogen-bond acceptors (Lipinski definition) is 5. The summed E-state index contributed by atoms with van der Waals surface area (Å²) in [4.78, 5) is 43.5. The molecule has 0 aliphatic carbocycles. The standard InChI is InChI=1S/C24H23N3O2S.C2HF3O2/c1-17-5-2-3-6-18(17)13-21(28)26-11-9-24(15-26)16-27(20-7-4-10-25-22(20)24)23(29)19-8-12-30-14-19;3-2(4,5)1(6)7/h2-8,10,12,14H,9,11,13,15-16H2,1H3;(H,6,7). The number of amides is 2. The van der Waals surface area contributed by atoms with E-state index in [9.17, 15) is 22.8 Å². The van der Waals surface area contributed by atoms with E-state index in [4.69, 9.17) is 9.90 Å². The number of alkyl halides is 3. The summed E-state index contributed by atoms with van der Waals surface area (Å²) in [5.74, 6) is -2.61. The lowest BCUT2D eigenvalue weighted by molar-refractivity contribution is -0.192. The lowest BCUT2D eigenvalue weighted by Crippen LogP contribution is -2.40. The minimum Gasteiger partial charge on any atom is -0.475 e. The van der Waals surface area contributed by atoms with Crippen LogP contribution in [0.2, 0.25) is 0 Å². The van der Waals surface area contributed by atoms with Crippen molar-refractivity contribution < 1.29 is 32.7 Å². The van der Waals surface area contributed by atoms with Crippen LogP contribution in [-0.4, -0.2) is 58.6 Å². The Hall–Kier alpha value is -3.73. The normalized spacial score (nSPS) is 18.4. The molecule has 1 aromatic carbocycles. The summed E-state index contributed by atoms with van der Waals surface area (Å²) in [5, 5.41) is 10.9. The van der Waals surface area contributed by atoms with Gasteiger partial charge in [0, 0.05) is 31.2 Å². The number of aromatic nitrogens is 1. The van der Waals surface area contributed by atoms with Gasteiger partial charge in [-0.15, -0.1) is 0 Å². The molecule has 4 heterocycles. The van der Waals surface area contributed by atoms with E-state index in [1.165, 1.54) is 11.3 Å². The Morgan fingerprint density at radius 2 is 1.84 bits per heavy atom. The zero-order chi connectivity index (χ0) is 26.8. The molecule has 2 aliphatic heterocycles. The van der Waals surface area contributed by atoms with Crippen molar-refractivity contribution >= 4 is 34.8 Å². The van der Waals surface area contributed by atoms with Crippen molar-refractivity contribution in [2.75, 3.05) is 24.5 Å². The maximum absolute atomic E-state index is 13.1. The number of hydrogen-bond donors (Lipinski definition) is 1. The maximum Gasteiger partial charge on any atom is 0.490 e. The number of carboxylic acids is 1. The van der Waals surface area contributed by atoms with Crippen molar-refractivity contribution in [3.63, 3.8) is 0 Å². The molecule has 2 amide bonds. The smallest absolute Gasteiger partial charge is 0.475 e. The summed E-state index contributed by atoms with van der Waals surface area (Å²) in [5.41, 5.74) is 4.45. The molecule has 0 saturated carbocycles. The highest BCUT2D eigenvalue weighted by Crippen LogP contribution is 2.45. The highest BCUT2D eigenvalue weighted by atomic mass is 32.1. The minimum absolute atomic E-state index is 0.00654. The Labute approximate surface area is 215 Å². The predicted molar refractivity (Wildman–Crippen MR) is 132 cm³/mol. The van der Waals surface area contributed by atoms with E-state index in [0.717, 1.165) is 28.9 Å². The van der Waals surface area contributed by atoms with E-state index in [-0.39, 0.29) is 17.2 Å². The number of rotatable bonds is 3. The van der Waals surface area contributed by atoms with Crippen molar-refractivity contribution in [2.24, 2.45) is 0 Å². The third kappa shape index (κ3) is 5.51. The summed E-state index contributed by atoms with van der Waals surface area (Å²) in [6.45, 7) is 3.91. The fourth-order valence-corrected chi connectivity index (χ4v) is 5.33. The van der Waals surface area contributed by atoms with Gasteiger partial charge in [0.05, 0.1) is 28.8 Å². The number of pyridine rings is 1. The molecule has 1 atom stereocenters. The van der Waals surface area contributed by atoms with Gasteiger partial charge in [0.15, 0.2) is 0 Å². The van der Waals surface area contributed by atoms with Crippen molar-refractivity contribution in [1.82, 2.24) is 9.88 Å². The van der Waals surface area contributed by atoms with Crippen molar-refractivity contribution in [2.45, 2.75) is 31.4 Å². The van der Waals surface area contributed by atoms with Gasteiger partial charge in [-0.2, -0.15) is 24.5 Å². The molecule has 1 saturated heterocycles. The molecule has 37 heavy (non-hydrogen) atoms. The highest BCUT2D eigenvalue weighted by molar-refractivity contribution is 7.08. The fourth-order valence-electron chi connectivity index (χ4n) is 4.70. The molecule has 0 radical (unpaired) electrons. The fraction of sp³-hybridized carbons (Fsp3) is 0.308. The summed E-state index contributed by atoms with van der Waals surface area (Å²) < 4.78 is 31.7. The van der Waals surface area contributed by atoms with Gasteiger partial charge in [-0.25, -0.2) is 4.79 Å². The number of benzene rings is 1. The van der Waals surface area contributed by atoms with Gasteiger partial charge < -0.3 is 14.9 Å². The predicted octanol–water partition coefficient (Wildman–Crippen LogP) is 4.46. The Kier molecular flexibility index (Phi) is 7.35. The molecular formula is C26H24F3N3O4S. The zero-order valence-corrected chi connectivity index (χ0v) is 20.7. The molecule has 194 valence electrons. The second-order valence-electron chi connectivity index (χ2n) is 9.03. The third-order valence-electron chi connectivity index (χ3n) is 6.61. The quantitative estimate of drug-likeness (QED) is 0.539. The largest absolute Gasteiger partial charge is 0.490 e. The van der Waals surface area contributed by atoms with E-state index in [1.54, 1.807) is 6.20 Å². The van der Waals surface area contributed by atoms with E-state index < -0.39 is 12.1 Å². The molecule has 3 aromatic rings. The Morgan fingerprint density at radius 1 is 1.11 bits per heavy atom. The Balaban J connectivity index is 0.000000405. The SMILES string of the molecule is Cc1ccccc1CC(=O)N1CCC2(C1)CN(C(=O)c1ccsc1)c1cccnc12.O=C(O)C(F)(F)F. The Morgan fingerprint density at radius 3 is 2.49 bits per heavy atom. The third-order valence-corrected chi connectivity index (χ3v) is 7.29. The van der Waals surface area contributed by atoms with Crippen LogP contribution in [0.3, 0.4) is 0 Å². The number of aryl methyl sites for hydroxylation is 1. The van der Waals surface area contributed by atoms with Crippen molar-refractivity contribution in [3.8, 4) is 0 Å². The highest BCUT2D eigenvalue weighted by Gasteiger charge is 2.51. The van der Waals surface area contributed by atoms with E-state index in [2.05, 4.69) is 4.98 Å². The van der Waals surface area contributed by atoms with E-state index in [0.29, 0.717) is 31.6 Å². The lowest BCUT2D eigenvalue weighted by atomic mass is 9.85. The average molecular weight is 532 g/mol. The van der Waals surface area contributed by atoms with Crippen LogP contribution in [0.1, 0.15) is 33.6 Å². The second-order valence-corrected chi connectivity index (χ2v) is 9.81. The number of anilines is 1. The number of aliphatic carboxylic acids is 1. The molecule has 0 bridgehead atoms. The van der Waals surface area contributed by atoms with Gasteiger partial charge in [0.1, 0.15) is 0 Å². The maximum atomic E-state index is 13.1. The van der Waals surface area contributed by atoms with Gasteiger partial charge in [0.25, 0.3) is 5.91 Å². The van der Waals surface area contributed by atoms with Crippen LogP contribution in [0, 0.1) is 6.92 Å². The summed E-state index contributed by atoms with van der Waals surface area (Å²) in [6, 6.07) is 13.7. The second kappa shape index (κ2) is 10.3. The van der Waals surface area contributed by atoms with Gasteiger partial charge in [-0.05, 0) is 48.1 Å². The molecule has 1 spiro atoms. The van der Waals surface area contributed by atoms with E-state index in [1.807, 2.05) is 69.9 Å². The van der Waals surface area contributed by atoms with E-state index >= 15 is 0 Å².